The number of benzene rings is 3. The highest BCUT2D eigenvalue weighted by atomic mass is 79.9. The van der Waals surface area contributed by atoms with Crippen LogP contribution in [0.2, 0.25) is 0 Å². The highest BCUT2D eigenvalue weighted by Gasteiger charge is 2.09. The van der Waals surface area contributed by atoms with Crippen molar-refractivity contribution >= 4 is 39.6 Å². The summed E-state index contributed by atoms with van der Waals surface area (Å²) in [6.45, 7) is 0. The van der Waals surface area contributed by atoms with Crippen LogP contribution in [0, 0.1) is 5.82 Å². The lowest BCUT2D eigenvalue weighted by molar-refractivity contribution is 0.0953. The van der Waals surface area contributed by atoms with Crippen molar-refractivity contribution in [1.29, 1.82) is 0 Å². The average Bonchev–Trinajstić information content (AvgIpc) is 2.71. The second-order valence-corrected chi connectivity index (χ2v) is 6.86. The number of amides is 2. The number of hydrogen-bond donors (Lipinski definition) is 3. The molecule has 0 spiro atoms. The molecule has 3 rings (SSSR count). The number of nitrogens with one attached hydrogen (secondary N) is 2. The number of phenols is 1. The molecule has 0 aliphatic rings. The van der Waals surface area contributed by atoms with E-state index in [-0.39, 0.29) is 11.3 Å². The fraction of sp³-hybridized carbons (Fsp3) is 0. The van der Waals surface area contributed by atoms with E-state index in [2.05, 4.69) is 31.8 Å². The van der Waals surface area contributed by atoms with Gasteiger partial charge < -0.3 is 10.4 Å². The molecule has 146 valence electrons. The summed E-state index contributed by atoms with van der Waals surface area (Å²) in [7, 11) is 0. The highest BCUT2D eigenvalue weighted by Crippen LogP contribution is 2.20. The number of carbonyl (C=O) groups excluding carboxylic acids is 2. The number of hydrazone groups is 1. The summed E-state index contributed by atoms with van der Waals surface area (Å²) in [5.41, 5.74) is 3.76. The molecule has 0 aliphatic carbocycles. The predicted molar refractivity (Wildman–Crippen MR) is 112 cm³/mol. The van der Waals surface area contributed by atoms with E-state index in [0.29, 0.717) is 16.8 Å². The van der Waals surface area contributed by atoms with Crippen LogP contribution in [-0.4, -0.2) is 23.1 Å². The number of nitrogens with zero attached hydrogens (tertiary/aromatic N) is 1. The zero-order chi connectivity index (χ0) is 20.8. The third-order valence-electron chi connectivity index (χ3n) is 3.85. The Morgan fingerprint density at radius 1 is 0.966 bits per heavy atom. The summed E-state index contributed by atoms with van der Waals surface area (Å²) in [5.74, 6) is -1.33. The van der Waals surface area contributed by atoms with Crippen LogP contribution >= 0.6 is 15.9 Å². The third-order valence-corrected chi connectivity index (χ3v) is 4.34. The fourth-order valence-corrected chi connectivity index (χ4v) is 2.78. The van der Waals surface area contributed by atoms with Crippen LogP contribution in [0.5, 0.6) is 5.75 Å². The third kappa shape index (κ3) is 5.49. The first-order chi connectivity index (χ1) is 13.9. The molecular weight excluding hydrogens is 441 g/mol. The molecule has 0 radical (unpaired) electrons. The molecule has 3 aromatic carbocycles. The van der Waals surface area contributed by atoms with Crippen molar-refractivity contribution in [2.24, 2.45) is 5.10 Å². The maximum Gasteiger partial charge on any atom is 0.271 e. The molecule has 0 aliphatic heterocycles. The van der Waals surface area contributed by atoms with Gasteiger partial charge in [-0.1, -0.05) is 22.0 Å². The molecule has 0 atom stereocenters. The van der Waals surface area contributed by atoms with Gasteiger partial charge in [0.25, 0.3) is 11.8 Å². The van der Waals surface area contributed by atoms with E-state index in [1.54, 1.807) is 30.3 Å². The van der Waals surface area contributed by atoms with Crippen LogP contribution in [-0.2, 0) is 0 Å². The van der Waals surface area contributed by atoms with E-state index < -0.39 is 17.6 Å². The monoisotopic (exact) mass is 455 g/mol. The van der Waals surface area contributed by atoms with Gasteiger partial charge in [0, 0.05) is 26.9 Å². The molecular formula is C21H15BrFN3O3. The quantitative estimate of drug-likeness (QED) is 0.395. The summed E-state index contributed by atoms with van der Waals surface area (Å²) in [6.07, 6.45) is 1.32. The van der Waals surface area contributed by atoms with Crippen LogP contribution in [0.4, 0.5) is 10.1 Å². The number of halogens is 2. The van der Waals surface area contributed by atoms with Gasteiger partial charge in [0.1, 0.15) is 11.6 Å². The first-order valence-corrected chi connectivity index (χ1v) is 9.20. The Morgan fingerprint density at radius 2 is 1.72 bits per heavy atom. The SMILES string of the molecule is O=C(NN=Cc1cc(Br)ccc1O)c1cccc(NC(=O)c2ccc(F)cc2)c1. The summed E-state index contributed by atoms with van der Waals surface area (Å²) >= 11 is 3.29. The molecule has 0 unspecified atom stereocenters. The van der Waals surface area contributed by atoms with Crippen LogP contribution in [0.3, 0.4) is 0 Å². The van der Waals surface area contributed by atoms with Gasteiger partial charge in [-0.15, -0.1) is 0 Å². The molecule has 3 aromatic rings. The van der Waals surface area contributed by atoms with Crippen molar-refractivity contribution in [2.75, 3.05) is 5.32 Å². The van der Waals surface area contributed by atoms with E-state index in [0.717, 1.165) is 4.47 Å². The number of anilines is 1. The van der Waals surface area contributed by atoms with E-state index in [1.165, 1.54) is 42.6 Å². The smallest absolute Gasteiger partial charge is 0.271 e. The predicted octanol–water partition coefficient (Wildman–Crippen LogP) is 4.31. The Morgan fingerprint density at radius 3 is 2.48 bits per heavy atom. The van der Waals surface area contributed by atoms with Crippen molar-refractivity contribution < 1.29 is 19.1 Å². The fourth-order valence-electron chi connectivity index (χ4n) is 2.40. The molecule has 0 saturated carbocycles. The summed E-state index contributed by atoms with van der Waals surface area (Å²) in [5, 5.41) is 16.2. The first-order valence-electron chi connectivity index (χ1n) is 8.41. The maximum absolute atomic E-state index is 13.0. The average molecular weight is 456 g/mol. The van der Waals surface area contributed by atoms with Crippen molar-refractivity contribution in [3.05, 3.63) is 93.7 Å². The van der Waals surface area contributed by atoms with E-state index in [4.69, 9.17) is 0 Å². The minimum Gasteiger partial charge on any atom is -0.507 e. The number of rotatable bonds is 5. The number of hydrogen-bond acceptors (Lipinski definition) is 4. The second-order valence-electron chi connectivity index (χ2n) is 5.94. The van der Waals surface area contributed by atoms with Crippen LogP contribution < -0.4 is 10.7 Å². The van der Waals surface area contributed by atoms with Crippen LogP contribution in [0.25, 0.3) is 0 Å². The van der Waals surface area contributed by atoms with Crippen LogP contribution in [0.1, 0.15) is 26.3 Å². The highest BCUT2D eigenvalue weighted by molar-refractivity contribution is 9.10. The molecule has 29 heavy (non-hydrogen) atoms. The molecule has 8 heteroatoms. The lowest BCUT2D eigenvalue weighted by atomic mass is 10.1. The Hall–Kier alpha value is -3.52. The molecule has 0 fully saturated rings. The van der Waals surface area contributed by atoms with Gasteiger partial charge in [0.2, 0.25) is 0 Å². The number of carbonyl (C=O) groups is 2. The maximum atomic E-state index is 13.0. The lowest BCUT2D eigenvalue weighted by Crippen LogP contribution is -2.18. The summed E-state index contributed by atoms with van der Waals surface area (Å²) in [6, 6.07) is 16.2. The first kappa shape index (κ1) is 20.2. The minimum absolute atomic E-state index is 0.0247. The standard InChI is InChI=1S/C21H15BrFN3O3/c22-16-6-9-19(27)15(10-16)12-24-26-21(29)14-2-1-3-18(11-14)25-20(28)13-4-7-17(23)8-5-13/h1-12,27H,(H,25,28)(H,26,29). The molecule has 6 nitrogen and oxygen atoms in total. The van der Waals surface area contributed by atoms with Crippen molar-refractivity contribution in [2.45, 2.75) is 0 Å². The van der Waals surface area contributed by atoms with Gasteiger partial charge in [0.15, 0.2) is 0 Å². The Labute approximate surface area is 174 Å². The van der Waals surface area contributed by atoms with Crippen molar-refractivity contribution in [3.8, 4) is 5.75 Å². The second kappa shape index (κ2) is 9.11. The largest absolute Gasteiger partial charge is 0.507 e. The lowest BCUT2D eigenvalue weighted by Gasteiger charge is -2.07. The van der Waals surface area contributed by atoms with Gasteiger partial charge in [-0.3, -0.25) is 9.59 Å². The number of aromatic hydroxyl groups is 1. The Balaban J connectivity index is 1.66. The van der Waals surface area contributed by atoms with E-state index in [9.17, 15) is 19.1 Å². The van der Waals surface area contributed by atoms with Gasteiger partial charge in [-0.25, -0.2) is 9.82 Å². The van der Waals surface area contributed by atoms with Crippen LogP contribution in [0.15, 0.2) is 76.3 Å². The zero-order valence-electron chi connectivity index (χ0n) is 14.9. The van der Waals surface area contributed by atoms with Gasteiger partial charge in [0.05, 0.1) is 6.21 Å². The molecule has 2 amide bonds. The van der Waals surface area contributed by atoms with Crippen molar-refractivity contribution in [1.82, 2.24) is 5.43 Å². The van der Waals surface area contributed by atoms with E-state index >= 15 is 0 Å². The van der Waals surface area contributed by atoms with Crippen molar-refractivity contribution in [3.63, 3.8) is 0 Å². The molecule has 0 bridgehead atoms. The minimum atomic E-state index is -0.492. The topological polar surface area (TPSA) is 90.8 Å². The van der Waals surface area contributed by atoms with E-state index in [1.807, 2.05) is 0 Å². The van der Waals surface area contributed by atoms with Gasteiger partial charge in [-0.2, -0.15) is 5.10 Å². The van der Waals surface area contributed by atoms with Gasteiger partial charge in [-0.05, 0) is 60.7 Å². The Kier molecular flexibility index (Phi) is 6.36. The normalized spacial score (nSPS) is 10.7. The summed E-state index contributed by atoms with van der Waals surface area (Å²) < 4.78 is 13.7. The zero-order valence-corrected chi connectivity index (χ0v) is 16.5. The number of phenolic OH excluding ortho intramolecular Hbond substituents is 1. The molecule has 0 aromatic heterocycles. The Bertz CT molecular complexity index is 1080. The molecule has 0 saturated heterocycles. The molecule has 0 heterocycles. The summed E-state index contributed by atoms with van der Waals surface area (Å²) in [4.78, 5) is 24.5. The molecule has 3 N–H and O–H groups in total. The van der Waals surface area contributed by atoms with Gasteiger partial charge >= 0.3 is 0 Å².